The van der Waals surface area contributed by atoms with Crippen molar-refractivity contribution in [2.75, 3.05) is 6.54 Å². The van der Waals surface area contributed by atoms with Gasteiger partial charge in [0.1, 0.15) is 12.2 Å². The zero-order valence-electron chi connectivity index (χ0n) is 10.2. The van der Waals surface area contributed by atoms with E-state index in [1.54, 1.807) is 6.33 Å². The predicted molar refractivity (Wildman–Crippen MR) is 61.6 cm³/mol. The number of rotatable bonds is 6. The van der Waals surface area contributed by atoms with Crippen LogP contribution in [0.2, 0.25) is 0 Å². The van der Waals surface area contributed by atoms with Gasteiger partial charge in [0.05, 0.1) is 6.54 Å². The van der Waals surface area contributed by atoms with Crippen LogP contribution < -0.4 is 5.32 Å². The van der Waals surface area contributed by atoms with Crippen LogP contribution in [0, 0.1) is 5.92 Å². The van der Waals surface area contributed by atoms with Crippen molar-refractivity contribution in [2.24, 2.45) is 5.92 Å². The molecule has 0 aliphatic carbocycles. The van der Waals surface area contributed by atoms with Crippen molar-refractivity contribution in [3.05, 3.63) is 12.2 Å². The Hall–Kier alpha value is -0.900. The van der Waals surface area contributed by atoms with Crippen LogP contribution in [0.15, 0.2) is 6.33 Å². The molecule has 0 saturated heterocycles. The van der Waals surface area contributed by atoms with Gasteiger partial charge in [0.25, 0.3) is 0 Å². The maximum atomic E-state index is 4.25. The molecule has 1 aromatic heterocycles. The Morgan fingerprint density at radius 2 is 2.13 bits per heavy atom. The van der Waals surface area contributed by atoms with Gasteiger partial charge in [0.2, 0.25) is 0 Å². The van der Waals surface area contributed by atoms with E-state index >= 15 is 0 Å². The second-order valence-corrected chi connectivity index (χ2v) is 4.36. The first-order valence-electron chi connectivity index (χ1n) is 5.74. The van der Waals surface area contributed by atoms with Gasteiger partial charge in [-0.3, -0.25) is 0 Å². The van der Waals surface area contributed by atoms with E-state index in [4.69, 9.17) is 0 Å². The van der Waals surface area contributed by atoms with E-state index in [1.165, 1.54) is 6.42 Å². The highest BCUT2D eigenvalue weighted by molar-refractivity contribution is 4.85. The summed E-state index contributed by atoms with van der Waals surface area (Å²) in [6.45, 7) is 10.5. The maximum Gasteiger partial charge on any atom is 0.141 e. The second-order valence-electron chi connectivity index (χ2n) is 4.36. The number of nitrogens with zero attached hydrogens (tertiary/aromatic N) is 3. The first-order valence-corrected chi connectivity index (χ1v) is 5.74. The van der Waals surface area contributed by atoms with Gasteiger partial charge in [-0.1, -0.05) is 20.3 Å². The Bertz CT molecular complexity index is 280. The average molecular weight is 210 g/mol. The van der Waals surface area contributed by atoms with Crippen molar-refractivity contribution in [2.45, 2.75) is 46.7 Å². The summed E-state index contributed by atoms with van der Waals surface area (Å²) in [6, 6.07) is 0.382. The first-order chi connectivity index (χ1) is 7.15. The fraction of sp³-hybridized carbons (Fsp3) is 0.818. The van der Waals surface area contributed by atoms with Crippen molar-refractivity contribution in [3.8, 4) is 0 Å². The standard InChI is InChI=1S/C11H22N4/c1-5-10(4)6-12-7-11-13-8-14-15(11)9(2)3/h8-10,12H,5-7H2,1-4H3. The highest BCUT2D eigenvalue weighted by Gasteiger charge is 2.07. The molecule has 4 heteroatoms. The lowest BCUT2D eigenvalue weighted by atomic mass is 10.1. The second kappa shape index (κ2) is 5.85. The lowest BCUT2D eigenvalue weighted by Crippen LogP contribution is -2.23. The van der Waals surface area contributed by atoms with Crippen LogP contribution in [0.25, 0.3) is 0 Å². The van der Waals surface area contributed by atoms with E-state index in [0.29, 0.717) is 6.04 Å². The summed E-state index contributed by atoms with van der Waals surface area (Å²) in [7, 11) is 0. The predicted octanol–water partition coefficient (Wildman–Crippen LogP) is 1.99. The first kappa shape index (κ1) is 12.2. The largest absolute Gasteiger partial charge is 0.310 e. The van der Waals surface area contributed by atoms with E-state index < -0.39 is 0 Å². The third kappa shape index (κ3) is 3.63. The van der Waals surface area contributed by atoms with E-state index in [0.717, 1.165) is 24.8 Å². The van der Waals surface area contributed by atoms with Crippen molar-refractivity contribution < 1.29 is 0 Å². The van der Waals surface area contributed by atoms with Gasteiger partial charge in [-0.15, -0.1) is 0 Å². The molecular formula is C11H22N4. The topological polar surface area (TPSA) is 42.7 Å². The van der Waals surface area contributed by atoms with Gasteiger partial charge in [-0.2, -0.15) is 5.10 Å². The minimum absolute atomic E-state index is 0.382. The Kier molecular flexibility index (Phi) is 4.75. The Morgan fingerprint density at radius 1 is 1.40 bits per heavy atom. The maximum absolute atomic E-state index is 4.25. The molecule has 1 N–H and O–H groups in total. The van der Waals surface area contributed by atoms with Gasteiger partial charge in [0, 0.05) is 6.04 Å². The molecule has 0 aliphatic rings. The number of aromatic nitrogens is 3. The number of hydrogen-bond acceptors (Lipinski definition) is 3. The molecule has 1 aromatic rings. The molecule has 4 nitrogen and oxygen atoms in total. The molecule has 0 aromatic carbocycles. The summed E-state index contributed by atoms with van der Waals surface area (Å²) in [5.74, 6) is 1.74. The molecule has 0 aliphatic heterocycles. The highest BCUT2D eigenvalue weighted by Crippen LogP contribution is 2.05. The van der Waals surface area contributed by atoms with Crippen molar-refractivity contribution >= 4 is 0 Å². The van der Waals surface area contributed by atoms with Crippen LogP contribution in [0.1, 0.15) is 46.0 Å². The third-order valence-electron chi connectivity index (χ3n) is 2.61. The van der Waals surface area contributed by atoms with Crippen molar-refractivity contribution in [1.82, 2.24) is 20.1 Å². The van der Waals surface area contributed by atoms with Gasteiger partial charge >= 0.3 is 0 Å². The average Bonchev–Trinajstić information content (AvgIpc) is 2.65. The minimum atomic E-state index is 0.382. The molecule has 0 spiro atoms. The number of hydrogen-bond donors (Lipinski definition) is 1. The van der Waals surface area contributed by atoms with E-state index in [9.17, 15) is 0 Å². The van der Waals surface area contributed by atoms with Crippen LogP contribution >= 0.6 is 0 Å². The normalized spacial score (nSPS) is 13.4. The molecule has 0 radical (unpaired) electrons. The molecule has 1 rings (SSSR count). The van der Waals surface area contributed by atoms with Crippen LogP contribution in [0.4, 0.5) is 0 Å². The SMILES string of the molecule is CCC(C)CNCc1ncnn1C(C)C. The molecule has 0 bridgehead atoms. The molecule has 86 valence electrons. The van der Waals surface area contributed by atoms with Crippen LogP contribution in [0.5, 0.6) is 0 Å². The zero-order chi connectivity index (χ0) is 11.3. The smallest absolute Gasteiger partial charge is 0.141 e. The van der Waals surface area contributed by atoms with E-state index in [1.807, 2.05) is 4.68 Å². The molecule has 15 heavy (non-hydrogen) atoms. The molecule has 1 unspecified atom stereocenters. The molecule has 0 saturated carbocycles. The minimum Gasteiger partial charge on any atom is -0.310 e. The zero-order valence-corrected chi connectivity index (χ0v) is 10.2. The Morgan fingerprint density at radius 3 is 2.73 bits per heavy atom. The quantitative estimate of drug-likeness (QED) is 0.781. The molecule has 1 heterocycles. The van der Waals surface area contributed by atoms with Crippen molar-refractivity contribution in [1.29, 1.82) is 0 Å². The van der Waals surface area contributed by atoms with Gasteiger partial charge in [0.15, 0.2) is 0 Å². The Labute approximate surface area is 92.1 Å². The molecule has 0 fully saturated rings. The lowest BCUT2D eigenvalue weighted by Gasteiger charge is -2.12. The van der Waals surface area contributed by atoms with Gasteiger partial charge in [-0.25, -0.2) is 9.67 Å². The van der Waals surface area contributed by atoms with E-state index in [2.05, 4.69) is 43.1 Å². The lowest BCUT2D eigenvalue weighted by molar-refractivity contribution is 0.460. The summed E-state index contributed by atoms with van der Waals surface area (Å²) in [5, 5.41) is 7.61. The summed E-state index contributed by atoms with van der Waals surface area (Å²) >= 11 is 0. The third-order valence-corrected chi connectivity index (χ3v) is 2.61. The molecule has 1 atom stereocenters. The van der Waals surface area contributed by atoms with Crippen LogP contribution in [-0.2, 0) is 6.54 Å². The molecular weight excluding hydrogens is 188 g/mol. The van der Waals surface area contributed by atoms with Gasteiger partial charge < -0.3 is 5.32 Å². The monoisotopic (exact) mass is 210 g/mol. The van der Waals surface area contributed by atoms with Crippen LogP contribution in [-0.4, -0.2) is 21.3 Å². The van der Waals surface area contributed by atoms with Crippen molar-refractivity contribution in [3.63, 3.8) is 0 Å². The van der Waals surface area contributed by atoms with E-state index in [-0.39, 0.29) is 0 Å². The fourth-order valence-corrected chi connectivity index (χ4v) is 1.41. The highest BCUT2D eigenvalue weighted by atomic mass is 15.3. The number of nitrogens with one attached hydrogen (secondary N) is 1. The summed E-state index contributed by atoms with van der Waals surface area (Å²) in [4.78, 5) is 4.25. The fourth-order valence-electron chi connectivity index (χ4n) is 1.41. The van der Waals surface area contributed by atoms with Gasteiger partial charge in [-0.05, 0) is 26.3 Å². The Balaban J connectivity index is 2.40. The summed E-state index contributed by atoms with van der Waals surface area (Å²) < 4.78 is 1.96. The summed E-state index contributed by atoms with van der Waals surface area (Å²) in [6.07, 6.45) is 2.84. The molecule has 0 amide bonds. The van der Waals surface area contributed by atoms with Crippen LogP contribution in [0.3, 0.4) is 0 Å². The summed E-state index contributed by atoms with van der Waals surface area (Å²) in [5.41, 5.74) is 0.